The summed E-state index contributed by atoms with van der Waals surface area (Å²) in [5.74, 6) is 0.0424. The lowest BCUT2D eigenvalue weighted by Gasteiger charge is -2.51. The second-order valence-electron chi connectivity index (χ2n) is 11.3. The monoisotopic (exact) mass is 551 g/mol. The highest BCUT2D eigenvalue weighted by atomic mass is 28.5. The number of nitrogens with one attached hydrogen (secondary N) is 1. The predicted molar refractivity (Wildman–Crippen MR) is 143 cm³/mol. The van der Waals surface area contributed by atoms with Gasteiger partial charge in [-0.3, -0.25) is 9.36 Å². The maximum absolute atomic E-state index is 11.6. The molecule has 37 heavy (non-hydrogen) atoms. The molecular formula is C24H41N5O6Si2. The summed E-state index contributed by atoms with van der Waals surface area (Å²) in [5.41, 5.74) is 1.54. The van der Waals surface area contributed by atoms with Crippen LogP contribution in [0.4, 0.5) is 5.82 Å². The maximum atomic E-state index is 11.6. The molecule has 2 N–H and O–H groups in total. The third kappa shape index (κ3) is 4.79. The van der Waals surface area contributed by atoms with Crippen molar-refractivity contribution in [3.63, 3.8) is 0 Å². The lowest BCUT2D eigenvalue weighted by atomic mass is 10.1. The average Bonchev–Trinajstić information content (AvgIpc) is 3.34. The second-order valence-corrected chi connectivity index (χ2v) is 20.2. The molecule has 2 aromatic heterocycles. The quantitative estimate of drug-likeness (QED) is 0.512. The lowest BCUT2D eigenvalue weighted by molar-refractivity contribution is -0.114. The van der Waals surface area contributed by atoms with Crippen molar-refractivity contribution < 1.29 is 27.6 Å². The number of imidazole rings is 1. The molecule has 0 aliphatic carbocycles. The molecular weight excluding hydrogens is 510 g/mol. The molecule has 206 valence electrons. The number of carbonyl (C=O) groups is 1. The van der Waals surface area contributed by atoms with Crippen molar-refractivity contribution in [2.24, 2.45) is 0 Å². The van der Waals surface area contributed by atoms with Crippen molar-refractivity contribution >= 4 is 40.0 Å². The zero-order valence-corrected chi connectivity index (χ0v) is 25.3. The molecule has 11 nitrogen and oxygen atoms in total. The Morgan fingerprint density at radius 1 is 1.03 bits per heavy atom. The van der Waals surface area contributed by atoms with Crippen LogP contribution < -0.4 is 5.32 Å². The van der Waals surface area contributed by atoms with Gasteiger partial charge in [0.1, 0.15) is 24.6 Å². The summed E-state index contributed by atoms with van der Waals surface area (Å²) in [4.78, 5) is 24.5. The molecule has 0 spiro atoms. The van der Waals surface area contributed by atoms with Gasteiger partial charge in [-0.2, -0.15) is 0 Å². The Morgan fingerprint density at radius 2 is 1.65 bits per heavy atom. The Labute approximate surface area is 220 Å². The standard InChI is InChI=1S/C24H41N5O6Si2/c1-13(2)36(14(3)4)32-10-18-21(34-37(35-36,15(5)6)16(7)8)20(31)24(33-18)29-12-27-19-22(28-17(9)30)25-11-26-23(19)29/h11-16,18,20-21,24,31H,10H2,1-9H3,(H,25,26,28,30)/t18-,20-,21-,24-/m1/s1. The van der Waals surface area contributed by atoms with Crippen LogP contribution in [0.3, 0.4) is 0 Å². The normalized spacial score (nSPS) is 27.6. The molecule has 2 aliphatic heterocycles. The van der Waals surface area contributed by atoms with Crippen LogP contribution in [-0.4, -0.2) is 72.6 Å². The van der Waals surface area contributed by atoms with Crippen molar-refractivity contribution in [3.05, 3.63) is 12.7 Å². The van der Waals surface area contributed by atoms with E-state index in [1.807, 2.05) is 0 Å². The minimum Gasteiger partial charge on any atom is -0.414 e. The van der Waals surface area contributed by atoms with Crippen LogP contribution in [0.2, 0.25) is 22.2 Å². The van der Waals surface area contributed by atoms with Crippen molar-refractivity contribution in [3.8, 4) is 0 Å². The third-order valence-corrected chi connectivity index (χ3v) is 17.8. The van der Waals surface area contributed by atoms with E-state index in [1.54, 1.807) is 10.9 Å². The summed E-state index contributed by atoms with van der Waals surface area (Å²) in [7, 11) is -5.63. The van der Waals surface area contributed by atoms with Gasteiger partial charge in [0.2, 0.25) is 5.91 Å². The van der Waals surface area contributed by atoms with E-state index in [9.17, 15) is 9.90 Å². The number of nitrogens with zero attached hydrogens (tertiary/aromatic N) is 4. The Morgan fingerprint density at radius 3 is 2.22 bits per heavy atom. The van der Waals surface area contributed by atoms with Crippen LogP contribution in [0.25, 0.3) is 11.2 Å². The van der Waals surface area contributed by atoms with Crippen LogP contribution in [0, 0.1) is 0 Å². The van der Waals surface area contributed by atoms with E-state index in [4.69, 9.17) is 17.7 Å². The molecule has 2 aromatic rings. The number of hydrogen-bond donors (Lipinski definition) is 2. The molecule has 2 fully saturated rings. The Balaban J connectivity index is 1.76. The lowest BCUT2D eigenvalue weighted by Crippen LogP contribution is -2.65. The molecule has 13 heteroatoms. The van der Waals surface area contributed by atoms with E-state index in [2.05, 4.69) is 75.7 Å². The van der Waals surface area contributed by atoms with Crippen molar-refractivity contribution in [2.45, 2.75) is 109 Å². The molecule has 4 atom stereocenters. The number of anilines is 1. The number of aromatic nitrogens is 4. The van der Waals surface area contributed by atoms with Gasteiger partial charge < -0.3 is 28.1 Å². The van der Waals surface area contributed by atoms with Crippen LogP contribution in [-0.2, 0) is 22.5 Å². The molecule has 0 unspecified atom stereocenters. The summed E-state index contributed by atoms with van der Waals surface area (Å²) >= 11 is 0. The molecule has 0 radical (unpaired) electrons. The molecule has 1 amide bonds. The number of amides is 1. The number of aliphatic hydroxyl groups is 1. The van der Waals surface area contributed by atoms with Gasteiger partial charge in [-0.15, -0.1) is 0 Å². The Bertz CT molecular complexity index is 1110. The summed E-state index contributed by atoms with van der Waals surface area (Å²) in [6, 6.07) is 0. The molecule has 4 rings (SSSR count). The van der Waals surface area contributed by atoms with Crippen LogP contribution >= 0.6 is 0 Å². The van der Waals surface area contributed by atoms with Gasteiger partial charge in [0, 0.05) is 6.92 Å². The molecule has 4 heterocycles. The zero-order valence-electron chi connectivity index (χ0n) is 23.3. The van der Waals surface area contributed by atoms with Gasteiger partial charge in [-0.1, -0.05) is 55.4 Å². The van der Waals surface area contributed by atoms with Crippen molar-refractivity contribution in [1.82, 2.24) is 19.5 Å². The van der Waals surface area contributed by atoms with Crippen LogP contribution in [0.5, 0.6) is 0 Å². The number of ether oxygens (including phenoxy) is 1. The SMILES string of the molecule is CC(=O)Nc1ncnc2c1ncn2[C@@H]1O[C@@H]2CO[Si](C(C)C)(C(C)C)O[Si](C(C)C)(C(C)C)O[C@H]2[C@H]1O. The predicted octanol–water partition coefficient (Wildman–Crippen LogP) is 4.00. The molecule has 2 saturated heterocycles. The molecule has 0 saturated carbocycles. The smallest absolute Gasteiger partial charge is 0.335 e. The summed E-state index contributed by atoms with van der Waals surface area (Å²) in [6.45, 7) is 18.9. The number of rotatable bonds is 6. The van der Waals surface area contributed by atoms with E-state index in [1.165, 1.54) is 13.3 Å². The van der Waals surface area contributed by atoms with Gasteiger partial charge in [0.25, 0.3) is 0 Å². The minimum absolute atomic E-state index is 0.132. The summed E-state index contributed by atoms with van der Waals surface area (Å²) in [6.07, 6.45) is -0.0444. The highest BCUT2D eigenvalue weighted by Crippen LogP contribution is 2.48. The van der Waals surface area contributed by atoms with E-state index in [0.29, 0.717) is 17.0 Å². The first-order valence-electron chi connectivity index (χ1n) is 13.1. The first-order valence-corrected chi connectivity index (χ1v) is 17.1. The first kappa shape index (κ1) is 28.3. The Hall–Kier alpha value is -1.75. The minimum atomic E-state index is -2.91. The summed E-state index contributed by atoms with van der Waals surface area (Å²) in [5, 5.41) is 14.3. The van der Waals surface area contributed by atoms with E-state index >= 15 is 0 Å². The highest BCUT2D eigenvalue weighted by molar-refractivity contribution is 6.84. The topological polar surface area (TPSA) is 130 Å². The third-order valence-electron chi connectivity index (χ3n) is 7.57. The number of aliphatic hydroxyl groups excluding tert-OH is 1. The molecule has 2 aliphatic rings. The van der Waals surface area contributed by atoms with Crippen LogP contribution in [0.1, 0.15) is 68.5 Å². The van der Waals surface area contributed by atoms with E-state index in [0.717, 1.165) is 0 Å². The van der Waals surface area contributed by atoms with Gasteiger partial charge in [-0.05, 0) is 22.2 Å². The molecule has 0 bridgehead atoms. The van der Waals surface area contributed by atoms with Gasteiger partial charge in [-0.25, -0.2) is 15.0 Å². The van der Waals surface area contributed by atoms with E-state index < -0.39 is 41.7 Å². The Kier molecular flexibility index (Phi) is 7.97. The van der Waals surface area contributed by atoms with E-state index in [-0.39, 0.29) is 34.7 Å². The van der Waals surface area contributed by atoms with Gasteiger partial charge >= 0.3 is 17.1 Å². The number of hydrogen-bond acceptors (Lipinski definition) is 9. The van der Waals surface area contributed by atoms with Gasteiger partial charge in [0.05, 0.1) is 12.9 Å². The number of fused-ring (bicyclic) bond motifs is 2. The zero-order chi connectivity index (χ0) is 27.3. The van der Waals surface area contributed by atoms with Gasteiger partial charge in [0.15, 0.2) is 23.2 Å². The average molecular weight is 552 g/mol. The number of carbonyl (C=O) groups excluding carboxylic acids is 1. The fourth-order valence-corrected chi connectivity index (χ4v) is 16.9. The van der Waals surface area contributed by atoms with Crippen molar-refractivity contribution in [1.29, 1.82) is 0 Å². The first-order chi connectivity index (χ1) is 17.3. The van der Waals surface area contributed by atoms with Crippen molar-refractivity contribution in [2.75, 3.05) is 11.9 Å². The molecule has 0 aromatic carbocycles. The fourth-order valence-electron chi connectivity index (χ4n) is 5.66. The second kappa shape index (κ2) is 10.4. The fraction of sp³-hybridized carbons (Fsp3) is 0.750. The largest absolute Gasteiger partial charge is 0.414 e. The summed E-state index contributed by atoms with van der Waals surface area (Å²) < 4.78 is 29.1. The maximum Gasteiger partial charge on any atom is 0.335 e. The van der Waals surface area contributed by atoms with Crippen LogP contribution in [0.15, 0.2) is 12.7 Å². The highest BCUT2D eigenvalue weighted by Gasteiger charge is 2.61.